The van der Waals surface area contributed by atoms with Gasteiger partial charge in [0, 0.05) is 33.7 Å². The summed E-state index contributed by atoms with van der Waals surface area (Å²) in [5, 5.41) is 2.26. The number of pyridine rings is 2. The molecule has 3 nitrogen and oxygen atoms in total. The van der Waals surface area contributed by atoms with Crippen LogP contribution < -0.4 is 0 Å². The number of nitrogens with one attached hydrogen (secondary N) is 1. The lowest BCUT2D eigenvalue weighted by Gasteiger charge is -2.13. The Labute approximate surface area is 355 Å². The van der Waals surface area contributed by atoms with Crippen LogP contribution in [0.25, 0.3) is 111 Å². The van der Waals surface area contributed by atoms with Gasteiger partial charge in [-0.05, 0) is 110 Å². The van der Waals surface area contributed by atoms with Crippen LogP contribution in [0.1, 0.15) is 0 Å². The first kappa shape index (κ1) is 36.0. The highest BCUT2D eigenvalue weighted by Gasteiger charge is 2.20. The highest BCUT2D eigenvalue weighted by atomic mass is 14.8. The van der Waals surface area contributed by atoms with Crippen molar-refractivity contribution in [2.45, 2.75) is 0 Å². The number of rotatable bonds is 8. The summed E-state index contributed by atoms with van der Waals surface area (Å²) in [5.41, 5.74) is 19.3. The topological polar surface area (TPSA) is 41.6 Å². The van der Waals surface area contributed by atoms with E-state index in [4.69, 9.17) is 9.97 Å². The molecule has 0 saturated carbocycles. The van der Waals surface area contributed by atoms with Crippen molar-refractivity contribution in [1.82, 2.24) is 15.0 Å². The Bertz CT molecular complexity index is 3320. The van der Waals surface area contributed by atoms with Crippen LogP contribution in [0.5, 0.6) is 0 Å². The second-order valence-electron chi connectivity index (χ2n) is 15.5. The molecule has 0 unspecified atom stereocenters. The number of aromatic nitrogens is 3. The third kappa shape index (κ3) is 6.98. The molecular formula is C58H39N3. The van der Waals surface area contributed by atoms with Gasteiger partial charge in [0.2, 0.25) is 0 Å². The molecule has 61 heavy (non-hydrogen) atoms. The molecule has 11 rings (SSSR count). The normalized spacial score (nSPS) is 11.3. The molecule has 3 heteroatoms. The predicted molar refractivity (Wildman–Crippen MR) is 255 cm³/mol. The minimum atomic E-state index is 0.893. The average molecular weight is 778 g/mol. The molecule has 0 spiro atoms. The summed E-state index contributed by atoms with van der Waals surface area (Å²) in [6.07, 6.45) is 1.92. The molecule has 0 saturated heterocycles. The van der Waals surface area contributed by atoms with Gasteiger partial charge in [-0.2, -0.15) is 0 Å². The fourth-order valence-electron chi connectivity index (χ4n) is 8.59. The summed E-state index contributed by atoms with van der Waals surface area (Å²) in [5.74, 6) is 0. The molecule has 0 aliphatic heterocycles. The fraction of sp³-hybridized carbons (Fsp3) is 0. The van der Waals surface area contributed by atoms with Crippen molar-refractivity contribution >= 4 is 21.8 Å². The number of H-pyrrole nitrogens is 1. The number of benzene rings is 8. The molecule has 0 atom stereocenters. The van der Waals surface area contributed by atoms with Crippen LogP contribution in [0.4, 0.5) is 0 Å². The summed E-state index contributed by atoms with van der Waals surface area (Å²) in [4.78, 5) is 14.6. The van der Waals surface area contributed by atoms with Gasteiger partial charge < -0.3 is 4.98 Å². The van der Waals surface area contributed by atoms with Crippen LogP contribution in [0.2, 0.25) is 0 Å². The minimum absolute atomic E-state index is 0.893. The summed E-state index contributed by atoms with van der Waals surface area (Å²) in [7, 11) is 0. The first-order valence-electron chi connectivity index (χ1n) is 20.7. The maximum atomic E-state index is 5.55. The minimum Gasteiger partial charge on any atom is -0.353 e. The van der Waals surface area contributed by atoms with Gasteiger partial charge >= 0.3 is 0 Å². The molecule has 0 aliphatic carbocycles. The van der Waals surface area contributed by atoms with Crippen molar-refractivity contribution in [3.8, 4) is 89.4 Å². The highest BCUT2D eigenvalue weighted by molar-refractivity contribution is 6.17. The van der Waals surface area contributed by atoms with E-state index in [1.165, 1.54) is 5.56 Å². The van der Waals surface area contributed by atoms with E-state index in [2.05, 4.69) is 229 Å². The van der Waals surface area contributed by atoms with Gasteiger partial charge in [0.25, 0.3) is 0 Å². The molecule has 286 valence electrons. The zero-order chi connectivity index (χ0) is 40.5. The van der Waals surface area contributed by atoms with Gasteiger partial charge in [0.1, 0.15) is 0 Å². The summed E-state index contributed by atoms with van der Waals surface area (Å²) in [6, 6.07) is 79.8. The molecule has 0 aliphatic rings. The molecule has 8 aromatic carbocycles. The van der Waals surface area contributed by atoms with E-state index in [0.717, 1.165) is 106 Å². The first-order chi connectivity index (χ1) is 30.2. The smallest absolute Gasteiger partial charge is 0.0737 e. The second-order valence-corrected chi connectivity index (χ2v) is 15.5. The third-order valence-corrected chi connectivity index (χ3v) is 11.6. The summed E-state index contributed by atoms with van der Waals surface area (Å²) >= 11 is 0. The van der Waals surface area contributed by atoms with Gasteiger partial charge in [-0.1, -0.05) is 170 Å². The Morgan fingerprint density at radius 3 is 1.15 bits per heavy atom. The Kier molecular flexibility index (Phi) is 9.18. The summed E-state index contributed by atoms with van der Waals surface area (Å²) < 4.78 is 0. The zero-order valence-corrected chi connectivity index (χ0v) is 33.3. The van der Waals surface area contributed by atoms with Gasteiger partial charge in [-0.15, -0.1) is 0 Å². The van der Waals surface area contributed by atoms with Gasteiger partial charge in [0.15, 0.2) is 0 Å². The SMILES string of the molecule is c1ccc(-c2cccc(-c3cc(-c4ccccc4)cc(-c4cc(-c5ccccc5)cc5c4[nH]c4c(-c6cc(-c7ccccc7)ccn6)cc(-c6ccccc6)cc45)n3)c2)cc1. The zero-order valence-electron chi connectivity index (χ0n) is 33.3. The van der Waals surface area contributed by atoms with E-state index >= 15 is 0 Å². The monoisotopic (exact) mass is 777 g/mol. The van der Waals surface area contributed by atoms with Crippen molar-refractivity contribution in [1.29, 1.82) is 0 Å². The molecule has 3 aromatic heterocycles. The van der Waals surface area contributed by atoms with Crippen LogP contribution >= 0.6 is 0 Å². The number of fused-ring (bicyclic) bond motifs is 3. The predicted octanol–water partition coefficient (Wildman–Crippen LogP) is 15.4. The molecule has 0 radical (unpaired) electrons. The Morgan fingerprint density at radius 1 is 0.262 bits per heavy atom. The largest absolute Gasteiger partial charge is 0.353 e. The van der Waals surface area contributed by atoms with Crippen LogP contribution in [-0.4, -0.2) is 15.0 Å². The highest BCUT2D eigenvalue weighted by Crippen LogP contribution is 2.43. The van der Waals surface area contributed by atoms with Gasteiger partial charge in [-0.25, -0.2) is 4.98 Å². The molecule has 0 fully saturated rings. The average Bonchev–Trinajstić information content (AvgIpc) is 3.73. The van der Waals surface area contributed by atoms with Crippen molar-refractivity contribution < 1.29 is 0 Å². The molecule has 3 heterocycles. The fourth-order valence-corrected chi connectivity index (χ4v) is 8.59. The molecular weight excluding hydrogens is 739 g/mol. The van der Waals surface area contributed by atoms with E-state index in [0.29, 0.717) is 0 Å². The molecule has 1 N–H and O–H groups in total. The van der Waals surface area contributed by atoms with E-state index in [1.807, 2.05) is 6.20 Å². The number of hydrogen-bond acceptors (Lipinski definition) is 2. The van der Waals surface area contributed by atoms with Crippen LogP contribution in [-0.2, 0) is 0 Å². The summed E-state index contributed by atoms with van der Waals surface area (Å²) in [6.45, 7) is 0. The number of aromatic amines is 1. The first-order valence-corrected chi connectivity index (χ1v) is 20.7. The van der Waals surface area contributed by atoms with Crippen molar-refractivity contribution in [3.63, 3.8) is 0 Å². The lowest BCUT2D eigenvalue weighted by atomic mass is 9.93. The third-order valence-electron chi connectivity index (χ3n) is 11.6. The van der Waals surface area contributed by atoms with Crippen LogP contribution in [0.3, 0.4) is 0 Å². The lowest BCUT2D eigenvalue weighted by molar-refractivity contribution is 1.32. The quantitative estimate of drug-likeness (QED) is 0.167. The van der Waals surface area contributed by atoms with Crippen molar-refractivity contribution in [2.24, 2.45) is 0 Å². The maximum absolute atomic E-state index is 5.55. The Morgan fingerprint density at radius 2 is 0.639 bits per heavy atom. The van der Waals surface area contributed by atoms with Crippen LogP contribution in [0, 0.1) is 0 Å². The Balaban J connectivity index is 1.20. The van der Waals surface area contributed by atoms with Crippen molar-refractivity contribution in [3.05, 3.63) is 231 Å². The van der Waals surface area contributed by atoms with Crippen LogP contribution in [0.15, 0.2) is 231 Å². The van der Waals surface area contributed by atoms with E-state index in [9.17, 15) is 0 Å². The van der Waals surface area contributed by atoms with Gasteiger partial charge in [0.05, 0.1) is 28.1 Å². The second kappa shape index (κ2) is 15.6. The van der Waals surface area contributed by atoms with E-state index in [1.54, 1.807) is 0 Å². The Hall–Kier alpha value is -8.14. The van der Waals surface area contributed by atoms with E-state index < -0.39 is 0 Å². The molecule has 0 bridgehead atoms. The number of hydrogen-bond donors (Lipinski definition) is 1. The lowest BCUT2D eigenvalue weighted by Crippen LogP contribution is -1.93. The standard InChI is InChI=1S/C58H39N3/c1-6-17-39(18-7-1)44-27-16-28-46(31-44)54-37-49(43-25-14-5-15-26-43)38-56(60-54)53-35-48(42-23-12-4-13-24-42)33-51-50-32-47(41-21-10-3-11-22-41)34-52(57(50)61-58(51)53)55-36-45(29-30-59-55)40-19-8-2-9-20-40/h1-38,61H. The molecule has 11 aromatic rings. The maximum Gasteiger partial charge on any atom is 0.0737 e. The van der Waals surface area contributed by atoms with Crippen molar-refractivity contribution in [2.75, 3.05) is 0 Å². The number of nitrogens with zero attached hydrogens (tertiary/aromatic N) is 2. The molecule has 0 amide bonds. The van der Waals surface area contributed by atoms with Gasteiger partial charge in [-0.3, -0.25) is 4.98 Å². The van der Waals surface area contributed by atoms with E-state index in [-0.39, 0.29) is 0 Å².